The van der Waals surface area contributed by atoms with Gasteiger partial charge in [0.05, 0.1) is 11.6 Å². The van der Waals surface area contributed by atoms with Crippen molar-refractivity contribution >= 4 is 5.91 Å². The van der Waals surface area contributed by atoms with E-state index in [0.717, 1.165) is 12.8 Å². The van der Waals surface area contributed by atoms with Crippen molar-refractivity contribution in [1.29, 1.82) is 0 Å². The summed E-state index contributed by atoms with van der Waals surface area (Å²) in [6.07, 6.45) is 7.53. The van der Waals surface area contributed by atoms with E-state index in [1.165, 1.54) is 0 Å². The summed E-state index contributed by atoms with van der Waals surface area (Å²) in [6, 6.07) is -0.604. The molecule has 16 heavy (non-hydrogen) atoms. The van der Waals surface area contributed by atoms with Crippen LogP contribution in [-0.2, 0) is 4.79 Å². The fourth-order valence-electron chi connectivity index (χ4n) is 1.93. The fourth-order valence-corrected chi connectivity index (χ4v) is 1.93. The van der Waals surface area contributed by atoms with Gasteiger partial charge in [0.25, 0.3) is 0 Å². The summed E-state index contributed by atoms with van der Waals surface area (Å²) in [5.41, 5.74) is 5.02. The quantitative estimate of drug-likeness (QED) is 0.654. The Kier molecular flexibility index (Phi) is 4.34. The third-order valence-corrected chi connectivity index (χ3v) is 3.03. The van der Waals surface area contributed by atoms with Crippen molar-refractivity contribution in [1.82, 2.24) is 4.90 Å². The van der Waals surface area contributed by atoms with Crippen LogP contribution < -0.4 is 5.73 Å². The van der Waals surface area contributed by atoms with E-state index in [0.29, 0.717) is 19.5 Å². The summed E-state index contributed by atoms with van der Waals surface area (Å²) in [7, 11) is 0. The molecule has 0 aliphatic carbocycles. The van der Waals surface area contributed by atoms with Crippen molar-refractivity contribution < 1.29 is 9.90 Å². The molecule has 1 heterocycles. The number of amides is 1. The number of hydrogen-bond donors (Lipinski definition) is 2. The zero-order chi connectivity index (χ0) is 12.2. The molecule has 1 rings (SSSR count). The van der Waals surface area contributed by atoms with Gasteiger partial charge in [-0.05, 0) is 26.2 Å². The maximum atomic E-state index is 11.9. The normalized spacial score (nSPS) is 28.0. The Morgan fingerprint density at radius 3 is 2.94 bits per heavy atom. The highest BCUT2D eigenvalue weighted by Gasteiger charge is 2.28. The van der Waals surface area contributed by atoms with Crippen LogP contribution in [0.15, 0.2) is 0 Å². The van der Waals surface area contributed by atoms with E-state index >= 15 is 0 Å². The SMILES string of the molecule is C#CCC(N)C(=O)N1CCCC(C)(O)CC1. The molecule has 1 saturated heterocycles. The summed E-state index contributed by atoms with van der Waals surface area (Å²) in [6.45, 7) is 3.03. The molecule has 0 aromatic heterocycles. The molecule has 2 atom stereocenters. The topological polar surface area (TPSA) is 66.6 Å². The molecule has 1 fully saturated rings. The molecule has 4 heteroatoms. The molecule has 4 nitrogen and oxygen atoms in total. The number of carbonyl (C=O) groups is 1. The maximum Gasteiger partial charge on any atom is 0.240 e. The third-order valence-electron chi connectivity index (χ3n) is 3.03. The average Bonchev–Trinajstić information content (AvgIpc) is 2.39. The molecule has 0 spiro atoms. The highest BCUT2D eigenvalue weighted by atomic mass is 16.3. The fraction of sp³-hybridized carbons (Fsp3) is 0.750. The molecule has 0 aromatic carbocycles. The largest absolute Gasteiger partial charge is 0.390 e. The first-order chi connectivity index (χ1) is 7.46. The van der Waals surface area contributed by atoms with Crippen LogP contribution >= 0.6 is 0 Å². The lowest BCUT2D eigenvalue weighted by Crippen LogP contribution is -2.44. The van der Waals surface area contributed by atoms with Crippen molar-refractivity contribution in [2.75, 3.05) is 13.1 Å². The van der Waals surface area contributed by atoms with Gasteiger partial charge in [0.1, 0.15) is 0 Å². The van der Waals surface area contributed by atoms with Crippen molar-refractivity contribution in [2.45, 2.75) is 44.2 Å². The minimum Gasteiger partial charge on any atom is -0.390 e. The van der Waals surface area contributed by atoms with Gasteiger partial charge < -0.3 is 15.7 Å². The highest BCUT2D eigenvalue weighted by molar-refractivity contribution is 5.82. The number of terminal acetylenes is 1. The highest BCUT2D eigenvalue weighted by Crippen LogP contribution is 2.21. The summed E-state index contributed by atoms with van der Waals surface area (Å²) in [4.78, 5) is 13.6. The van der Waals surface area contributed by atoms with Crippen LogP contribution in [0.3, 0.4) is 0 Å². The predicted octanol–water partition coefficient (Wildman–Crippen LogP) is 0.100. The lowest BCUT2D eigenvalue weighted by Gasteiger charge is -2.24. The number of aliphatic hydroxyl groups is 1. The molecule has 1 aliphatic rings. The molecule has 0 saturated carbocycles. The Hall–Kier alpha value is -1.05. The Morgan fingerprint density at radius 1 is 1.62 bits per heavy atom. The van der Waals surface area contributed by atoms with E-state index in [4.69, 9.17) is 12.2 Å². The van der Waals surface area contributed by atoms with Crippen LogP contribution in [0, 0.1) is 12.3 Å². The number of rotatable bonds is 2. The first kappa shape index (κ1) is 13.0. The molecule has 2 unspecified atom stereocenters. The maximum absolute atomic E-state index is 11.9. The van der Waals surface area contributed by atoms with Gasteiger partial charge >= 0.3 is 0 Å². The first-order valence-electron chi connectivity index (χ1n) is 5.66. The van der Waals surface area contributed by atoms with Crippen molar-refractivity contribution in [3.63, 3.8) is 0 Å². The standard InChI is InChI=1S/C12H20N2O2/c1-3-5-10(13)11(15)14-8-4-6-12(2,16)7-9-14/h1,10,16H,4-9,13H2,2H3. The second-order valence-corrected chi connectivity index (χ2v) is 4.69. The van der Waals surface area contributed by atoms with Crippen LogP contribution in [0.2, 0.25) is 0 Å². The molecule has 3 N–H and O–H groups in total. The van der Waals surface area contributed by atoms with Gasteiger partial charge in [-0.1, -0.05) is 0 Å². The van der Waals surface area contributed by atoms with Crippen LogP contribution in [0.1, 0.15) is 32.6 Å². The van der Waals surface area contributed by atoms with E-state index in [9.17, 15) is 9.90 Å². The van der Waals surface area contributed by atoms with E-state index in [1.54, 1.807) is 4.90 Å². The van der Waals surface area contributed by atoms with Gasteiger partial charge in [0.15, 0.2) is 0 Å². The van der Waals surface area contributed by atoms with Gasteiger partial charge in [-0.25, -0.2) is 0 Å². The molecule has 1 amide bonds. The number of likely N-dealkylation sites (tertiary alicyclic amines) is 1. The lowest BCUT2D eigenvalue weighted by molar-refractivity contribution is -0.132. The third kappa shape index (κ3) is 3.51. The monoisotopic (exact) mass is 224 g/mol. The lowest BCUT2D eigenvalue weighted by atomic mass is 9.98. The second kappa shape index (κ2) is 5.33. The summed E-state index contributed by atoms with van der Waals surface area (Å²) >= 11 is 0. The molecule has 1 aliphatic heterocycles. The van der Waals surface area contributed by atoms with Gasteiger partial charge in [-0.15, -0.1) is 12.3 Å². The van der Waals surface area contributed by atoms with E-state index in [-0.39, 0.29) is 12.3 Å². The number of carbonyl (C=O) groups excluding carboxylic acids is 1. The van der Waals surface area contributed by atoms with Crippen LogP contribution in [-0.4, -0.2) is 40.6 Å². The minimum atomic E-state index is -0.661. The van der Waals surface area contributed by atoms with Crippen LogP contribution in [0.25, 0.3) is 0 Å². The Labute approximate surface area is 96.8 Å². The summed E-state index contributed by atoms with van der Waals surface area (Å²) in [5.74, 6) is 2.30. The molecule has 0 aromatic rings. The summed E-state index contributed by atoms with van der Waals surface area (Å²) < 4.78 is 0. The number of nitrogens with two attached hydrogens (primary N) is 1. The Bertz CT molecular complexity index is 294. The number of hydrogen-bond acceptors (Lipinski definition) is 3. The molecular formula is C12H20N2O2. The van der Waals surface area contributed by atoms with Crippen molar-refractivity contribution in [2.24, 2.45) is 5.73 Å². The zero-order valence-electron chi connectivity index (χ0n) is 9.78. The average molecular weight is 224 g/mol. The minimum absolute atomic E-state index is 0.101. The molecular weight excluding hydrogens is 204 g/mol. The van der Waals surface area contributed by atoms with E-state index in [1.807, 2.05) is 6.92 Å². The smallest absolute Gasteiger partial charge is 0.240 e. The zero-order valence-corrected chi connectivity index (χ0v) is 9.78. The molecule has 0 radical (unpaired) electrons. The Balaban J connectivity index is 2.55. The van der Waals surface area contributed by atoms with Crippen LogP contribution in [0.4, 0.5) is 0 Å². The van der Waals surface area contributed by atoms with Gasteiger partial charge in [-0.2, -0.15) is 0 Å². The van der Waals surface area contributed by atoms with Gasteiger partial charge in [0, 0.05) is 19.5 Å². The molecule has 90 valence electrons. The summed E-state index contributed by atoms with van der Waals surface area (Å²) in [5, 5.41) is 9.89. The van der Waals surface area contributed by atoms with E-state index < -0.39 is 11.6 Å². The first-order valence-corrected chi connectivity index (χ1v) is 5.66. The molecule has 0 bridgehead atoms. The van der Waals surface area contributed by atoms with Crippen molar-refractivity contribution in [3.05, 3.63) is 0 Å². The van der Waals surface area contributed by atoms with Crippen molar-refractivity contribution in [3.8, 4) is 12.3 Å². The van der Waals surface area contributed by atoms with Crippen LogP contribution in [0.5, 0.6) is 0 Å². The second-order valence-electron chi connectivity index (χ2n) is 4.69. The predicted molar refractivity (Wildman–Crippen MR) is 62.5 cm³/mol. The van der Waals surface area contributed by atoms with Gasteiger partial charge in [0.2, 0.25) is 5.91 Å². The van der Waals surface area contributed by atoms with E-state index in [2.05, 4.69) is 5.92 Å². The Morgan fingerprint density at radius 2 is 2.31 bits per heavy atom. The number of nitrogens with zero attached hydrogens (tertiary/aromatic N) is 1. The van der Waals surface area contributed by atoms with Gasteiger partial charge in [-0.3, -0.25) is 4.79 Å².